The molecule has 0 spiro atoms. The maximum atomic E-state index is 13.6. The number of amides is 2. The van der Waals surface area contributed by atoms with Crippen LogP contribution in [0.2, 0.25) is 0 Å². The van der Waals surface area contributed by atoms with Crippen LogP contribution in [0.15, 0.2) is 16.6 Å². The summed E-state index contributed by atoms with van der Waals surface area (Å²) in [5.41, 5.74) is -0.122. The van der Waals surface area contributed by atoms with E-state index in [1.54, 1.807) is 0 Å². The SMILES string of the molecule is O=C1NC[C@@H](c2c(F)ccc(Br)c2F)N1. The number of hydrogen-bond donors (Lipinski definition) is 2. The highest BCUT2D eigenvalue weighted by Gasteiger charge is 2.27. The first kappa shape index (κ1) is 10.4. The predicted octanol–water partition coefficient (Wildman–Crippen LogP) is 2.08. The van der Waals surface area contributed by atoms with E-state index in [0.717, 1.165) is 6.07 Å². The minimum atomic E-state index is -0.677. The fraction of sp³-hybridized carbons (Fsp3) is 0.222. The number of rotatable bonds is 1. The summed E-state index contributed by atoms with van der Waals surface area (Å²) >= 11 is 2.97. The Hall–Kier alpha value is -1.17. The number of carbonyl (C=O) groups excluding carboxylic acids is 1. The van der Waals surface area contributed by atoms with Gasteiger partial charge < -0.3 is 10.6 Å². The number of halogens is 3. The minimum Gasteiger partial charge on any atom is -0.336 e. The van der Waals surface area contributed by atoms with Crippen molar-refractivity contribution in [1.29, 1.82) is 0 Å². The third kappa shape index (κ3) is 1.81. The Balaban J connectivity index is 2.43. The van der Waals surface area contributed by atoms with Crippen molar-refractivity contribution >= 4 is 22.0 Å². The number of hydrogen-bond acceptors (Lipinski definition) is 1. The summed E-state index contributed by atoms with van der Waals surface area (Å²) in [6.45, 7) is 0.184. The van der Waals surface area contributed by atoms with Gasteiger partial charge in [-0.25, -0.2) is 13.6 Å². The first-order valence-corrected chi connectivity index (χ1v) is 5.06. The third-order valence-corrected chi connectivity index (χ3v) is 2.81. The van der Waals surface area contributed by atoms with E-state index in [2.05, 4.69) is 26.6 Å². The van der Waals surface area contributed by atoms with Crippen molar-refractivity contribution in [3.05, 3.63) is 33.8 Å². The molecule has 0 saturated carbocycles. The number of benzene rings is 1. The molecular weight excluding hydrogens is 270 g/mol. The van der Waals surface area contributed by atoms with E-state index in [1.807, 2.05) is 0 Å². The van der Waals surface area contributed by atoms with Crippen LogP contribution in [0.5, 0.6) is 0 Å². The van der Waals surface area contributed by atoms with Gasteiger partial charge in [-0.1, -0.05) is 0 Å². The molecule has 0 aliphatic carbocycles. The van der Waals surface area contributed by atoms with Crippen molar-refractivity contribution in [2.24, 2.45) is 0 Å². The van der Waals surface area contributed by atoms with E-state index >= 15 is 0 Å². The lowest BCUT2D eigenvalue weighted by atomic mass is 10.1. The number of urea groups is 1. The largest absolute Gasteiger partial charge is 0.336 e. The summed E-state index contributed by atoms with van der Waals surface area (Å²) < 4.78 is 27.1. The molecule has 1 saturated heterocycles. The smallest absolute Gasteiger partial charge is 0.315 e. The molecule has 1 aromatic carbocycles. The highest BCUT2D eigenvalue weighted by atomic mass is 79.9. The zero-order valence-corrected chi connectivity index (χ0v) is 9.07. The lowest BCUT2D eigenvalue weighted by Crippen LogP contribution is -2.22. The molecule has 2 amide bonds. The number of nitrogens with one attached hydrogen (secondary N) is 2. The Morgan fingerprint density at radius 3 is 2.73 bits per heavy atom. The van der Waals surface area contributed by atoms with Crippen LogP contribution >= 0.6 is 15.9 Å². The first-order valence-electron chi connectivity index (χ1n) is 4.27. The van der Waals surface area contributed by atoms with Crippen LogP contribution in [0, 0.1) is 11.6 Å². The lowest BCUT2D eigenvalue weighted by molar-refractivity contribution is 0.247. The Labute approximate surface area is 93.0 Å². The van der Waals surface area contributed by atoms with Gasteiger partial charge >= 0.3 is 6.03 Å². The van der Waals surface area contributed by atoms with Crippen molar-refractivity contribution in [3.63, 3.8) is 0 Å². The van der Waals surface area contributed by atoms with E-state index < -0.39 is 23.7 Å². The molecule has 1 heterocycles. The summed E-state index contributed by atoms with van der Waals surface area (Å²) in [6.07, 6.45) is 0. The monoisotopic (exact) mass is 276 g/mol. The van der Waals surface area contributed by atoms with Crippen molar-refractivity contribution in [1.82, 2.24) is 10.6 Å². The van der Waals surface area contributed by atoms with Crippen molar-refractivity contribution < 1.29 is 13.6 Å². The second-order valence-corrected chi connectivity index (χ2v) is 4.02. The summed E-state index contributed by atoms with van der Waals surface area (Å²) in [6, 6.07) is 1.37. The van der Waals surface area contributed by atoms with Gasteiger partial charge in [0.15, 0.2) is 0 Å². The van der Waals surface area contributed by atoms with Crippen LogP contribution in [0.4, 0.5) is 13.6 Å². The van der Waals surface area contributed by atoms with E-state index in [4.69, 9.17) is 0 Å². The quantitative estimate of drug-likeness (QED) is 0.758. The molecule has 0 unspecified atom stereocenters. The van der Waals surface area contributed by atoms with Gasteiger partial charge in [0.25, 0.3) is 0 Å². The molecule has 0 bridgehead atoms. The Morgan fingerprint density at radius 1 is 1.40 bits per heavy atom. The molecule has 0 radical (unpaired) electrons. The van der Waals surface area contributed by atoms with Crippen LogP contribution < -0.4 is 10.6 Å². The van der Waals surface area contributed by atoms with Crippen LogP contribution in [0.3, 0.4) is 0 Å². The molecule has 2 rings (SSSR count). The molecular formula is C9H7BrF2N2O. The minimum absolute atomic E-state index is 0.122. The Kier molecular flexibility index (Phi) is 2.60. The lowest BCUT2D eigenvalue weighted by Gasteiger charge is -2.12. The average molecular weight is 277 g/mol. The number of carbonyl (C=O) groups is 1. The molecule has 6 heteroatoms. The Bertz CT molecular complexity index is 425. The van der Waals surface area contributed by atoms with E-state index in [9.17, 15) is 13.6 Å². The molecule has 1 fully saturated rings. The zero-order valence-electron chi connectivity index (χ0n) is 7.48. The molecule has 1 aromatic rings. The third-order valence-electron chi connectivity index (χ3n) is 2.20. The van der Waals surface area contributed by atoms with Gasteiger partial charge in [0, 0.05) is 12.1 Å². The molecule has 1 aliphatic heterocycles. The standard InChI is InChI=1S/C9H7BrF2N2O/c10-4-1-2-5(11)7(8(4)12)6-3-13-9(15)14-6/h1-2,6H,3H2,(H2,13,14,15)/t6-/m0/s1. The molecule has 15 heavy (non-hydrogen) atoms. The van der Waals surface area contributed by atoms with Crippen LogP contribution in [0.1, 0.15) is 11.6 Å². The summed E-state index contributed by atoms with van der Waals surface area (Å²) in [4.78, 5) is 10.9. The topological polar surface area (TPSA) is 41.1 Å². The second-order valence-electron chi connectivity index (χ2n) is 3.16. The highest BCUT2D eigenvalue weighted by molar-refractivity contribution is 9.10. The fourth-order valence-electron chi connectivity index (χ4n) is 1.49. The fourth-order valence-corrected chi connectivity index (χ4v) is 1.84. The molecule has 0 aromatic heterocycles. The summed E-state index contributed by atoms with van der Waals surface area (Å²) in [7, 11) is 0. The molecule has 80 valence electrons. The second kappa shape index (κ2) is 3.77. The molecule has 2 N–H and O–H groups in total. The molecule has 1 aliphatic rings. The van der Waals surface area contributed by atoms with Gasteiger partial charge in [0.2, 0.25) is 0 Å². The van der Waals surface area contributed by atoms with Gasteiger partial charge in [-0.2, -0.15) is 0 Å². The van der Waals surface area contributed by atoms with Crippen molar-refractivity contribution in [2.75, 3.05) is 6.54 Å². The normalized spacial score (nSPS) is 19.9. The maximum absolute atomic E-state index is 13.6. The maximum Gasteiger partial charge on any atom is 0.315 e. The summed E-state index contributed by atoms with van der Waals surface area (Å²) in [5.74, 6) is -1.34. The average Bonchev–Trinajstić information content (AvgIpc) is 2.59. The Morgan fingerprint density at radius 2 is 2.13 bits per heavy atom. The highest BCUT2D eigenvalue weighted by Crippen LogP contribution is 2.27. The first-order chi connectivity index (χ1) is 7.09. The van der Waals surface area contributed by atoms with Crippen LogP contribution in [-0.2, 0) is 0 Å². The van der Waals surface area contributed by atoms with Crippen LogP contribution in [0.25, 0.3) is 0 Å². The molecule has 3 nitrogen and oxygen atoms in total. The van der Waals surface area contributed by atoms with Gasteiger partial charge in [-0.3, -0.25) is 0 Å². The van der Waals surface area contributed by atoms with Gasteiger partial charge in [-0.15, -0.1) is 0 Å². The van der Waals surface area contributed by atoms with Gasteiger partial charge in [-0.05, 0) is 28.1 Å². The van der Waals surface area contributed by atoms with Crippen molar-refractivity contribution in [3.8, 4) is 0 Å². The van der Waals surface area contributed by atoms with Crippen LogP contribution in [-0.4, -0.2) is 12.6 Å². The predicted molar refractivity (Wildman–Crippen MR) is 53.3 cm³/mol. The zero-order chi connectivity index (χ0) is 11.0. The van der Waals surface area contributed by atoms with E-state index in [-0.39, 0.29) is 16.6 Å². The van der Waals surface area contributed by atoms with Gasteiger partial charge in [0.05, 0.1) is 10.5 Å². The molecule has 1 atom stereocenters. The van der Waals surface area contributed by atoms with E-state index in [1.165, 1.54) is 6.07 Å². The van der Waals surface area contributed by atoms with Gasteiger partial charge in [0.1, 0.15) is 11.6 Å². The van der Waals surface area contributed by atoms with E-state index in [0.29, 0.717) is 0 Å². The van der Waals surface area contributed by atoms with Crippen molar-refractivity contribution in [2.45, 2.75) is 6.04 Å². The summed E-state index contributed by atoms with van der Waals surface area (Å²) in [5, 5.41) is 4.87.